The summed E-state index contributed by atoms with van der Waals surface area (Å²) in [6.45, 7) is 6.82. The molecule has 1 aromatic carbocycles. The smallest absolute Gasteiger partial charge is 0.333 e. The van der Waals surface area contributed by atoms with Crippen LogP contribution in [0.1, 0.15) is 13.8 Å². The molecule has 25 heavy (non-hydrogen) atoms. The first-order valence-corrected chi connectivity index (χ1v) is 7.66. The minimum atomic E-state index is -0.569. The summed E-state index contributed by atoms with van der Waals surface area (Å²) in [6.07, 6.45) is 0.894. The van der Waals surface area contributed by atoms with Crippen molar-refractivity contribution >= 4 is 5.97 Å². The highest BCUT2D eigenvalue weighted by Gasteiger charge is 2.13. The molecule has 1 heterocycles. The van der Waals surface area contributed by atoms with Crippen molar-refractivity contribution in [3.8, 4) is 16.9 Å². The third kappa shape index (κ3) is 4.47. The molecule has 0 amide bonds. The summed E-state index contributed by atoms with van der Waals surface area (Å²) in [6, 6.07) is 6.90. The number of ether oxygens (including phenoxy) is 2. The van der Waals surface area contributed by atoms with Gasteiger partial charge in [-0.25, -0.2) is 9.59 Å². The molecule has 0 saturated carbocycles. The van der Waals surface area contributed by atoms with E-state index >= 15 is 0 Å². The van der Waals surface area contributed by atoms with Crippen LogP contribution in [0.25, 0.3) is 11.1 Å². The van der Waals surface area contributed by atoms with Gasteiger partial charge in [0.25, 0.3) is 5.56 Å². The standard InChI is InChI=1S/C18H20N2O5/c1-11(2)17(22)25-12(3)9-20-10-15(16(21)19-18(20)23)13-5-7-14(24-4)8-6-13/h5-8,10,12H,1,9H2,2-4H3,(H,19,21,23). The van der Waals surface area contributed by atoms with Crippen LogP contribution in [-0.4, -0.2) is 28.7 Å². The van der Waals surface area contributed by atoms with Crippen molar-refractivity contribution in [1.82, 2.24) is 9.55 Å². The number of carbonyl (C=O) groups is 1. The van der Waals surface area contributed by atoms with Gasteiger partial charge in [-0.15, -0.1) is 0 Å². The Bertz CT molecular complexity index is 893. The van der Waals surface area contributed by atoms with Gasteiger partial charge >= 0.3 is 11.7 Å². The second kappa shape index (κ2) is 7.65. The molecule has 0 fully saturated rings. The maximum absolute atomic E-state index is 12.1. The zero-order valence-electron chi connectivity index (χ0n) is 14.4. The molecule has 1 unspecified atom stereocenters. The molecular weight excluding hydrogens is 324 g/mol. The van der Waals surface area contributed by atoms with Crippen molar-refractivity contribution < 1.29 is 14.3 Å². The predicted octanol–water partition coefficient (Wildman–Crippen LogP) is 1.72. The van der Waals surface area contributed by atoms with Crippen molar-refractivity contribution in [3.05, 3.63) is 63.5 Å². The van der Waals surface area contributed by atoms with Gasteiger partial charge in [-0.05, 0) is 31.5 Å². The minimum absolute atomic E-state index is 0.109. The van der Waals surface area contributed by atoms with Crippen molar-refractivity contribution in [3.63, 3.8) is 0 Å². The number of hydrogen-bond acceptors (Lipinski definition) is 5. The number of H-pyrrole nitrogens is 1. The number of rotatable bonds is 6. The molecular formula is C18H20N2O5. The van der Waals surface area contributed by atoms with E-state index in [4.69, 9.17) is 9.47 Å². The first kappa shape index (κ1) is 18.3. The highest BCUT2D eigenvalue weighted by Crippen LogP contribution is 2.18. The van der Waals surface area contributed by atoms with E-state index in [1.807, 2.05) is 0 Å². The molecule has 2 aromatic rings. The van der Waals surface area contributed by atoms with Gasteiger partial charge in [-0.2, -0.15) is 0 Å². The Kier molecular flexibility index (Phi) is 5.59. The summed E-state index contributed by atoms with van der Waals surface area (Å²) >= 11 is 0. The van der Waals surface area contributed by atoms with Crippen molar-refractivity contribution in [2.45, 2.75) is 26.5 Å². The lowest BCUT2D eigenvalue weighted by Crippen LogP contribution is -2.34. The van der Waals surface area contributed by atoms with Crippen LogP contribution in [0.15, 0.2) is 52.2 Å². The van der Waals surface area contributed by atoms with Crippen LogP contribution in [-0.2, 0) is 16.1 Å². The maximum atomic E-state index is 12.1. The van der Waals surface area contributed by atoms with Gasteiger partial charge in [-0.3, -0.25) is 14.3 Å². The van der Waals surface area contributed by atoms with Gasteiger partial charge in [0.05, 0.1) is 19.2 Å². The Morgan fingerprint density at radius 3 is 2.48 bits per heavy atom. The minimum Gasteiger partial charge on any atom is -0.497 e. The van der Waals surface area contributed by atoms with Gasteiger partial charge in [-0.1, -0.05) is 18.7 Å². The number of nitrogens with zero attached hydrogens (tertiary/aromatic N) is 1. The van der Waals surface area contributed by atoms with E-state index in [2.05, 4.69) is 11.6 Å². The zero-order chi connectivity index (χ0) is 18.6. The molecule has 7 nitrogen and oxygen atoms in total. The third-order valence-corrected chi connectivity index (χ3v) is 3.52. The number of esters is 1. The van der Waals surface area contributed by atoms with Crippen LogP contribution in [0.2, 0.25) is 0 Å². The summed E-state index contributed by atoms with van der Waals surface area (Å²) in [5, 5.41) is 0. The summed E-state index contributed by atoms with van der Waals surface area (Å²) < 4.78 is 11.6. The summed E-state index contributed by atoms with van der Waals surface area (Å²) in [5.41, 5.74) is 0.195. The Morgan fingerprint density at radius 2 is 1.92 bits per heavy atom. The van der Waals surface area contributed by atoms with Gasteiger partial charge in [0.1, 0.15) is 11.9 Å². The molecule has 7 heteroatoms. The second-order valence-electron chi connectivity index (χ2n) is 5.68. The molecule has 0 aliphatic heterocycles. The van der Waals surface area contributed by atoms with Crippen LogP contribution >= 0.6 is 0 Å². The fourth-order valence-electron chi connectivity index (χ4n) is 2.22. The predicted molar refractivity (Wildman–Crippen MR) is 93.7 cm³/mol. The molecule has 0 saturated heterocycles. The highest BCUT2D eigenvalue weighted by molar-refractivity contribution is 5.87. The first-order valence-electron chi connectivity index (χ1n) is 7.66. The quantitative estimate of drug-likeness (QED) is 0.636. The summed E-state index contributed by atoms with van der Waals surface area (Å²) in [4.78, 5) is 37.9. The van der Waals surface area contributed by atoms with E-state index in [1.165, 1.54) is 10.8 Å². The zero-order valence-corrected chi connectivity index (χ0v) is 14.4. The number of aromatic amines is 1. The van der Waals surface area contributed by atoms with Crippen molar-refractivity contribution in [2.75, 3.05) is 7.11 Å². The van der Waals surface area contributed by atoms with E-state index in [9.17, 15) is 14.4 Å². The van der Waals surface area contributed by atoms with E-state index < -0.39 is 23.3 Å². The fourth-order valence-corrected chi connectivity index (χ4v) is 2.22. The maximum Gasteiger partial charge on any atom is 0.333 e. The van der Waals surface area contributed by atoms with Crippen molar-refractivity contribution in [2.24, 2.45) is 0 Å². The van der Waals surface area contributed by atoms with Crippen LogP contribution in [0, 0.1) is 0 Å². The Morgan fingerprint density at radius 1 is 1.28 bits per heavy atom. The van der Waals surface area contributed by atoms with Crippen LogP contribution in [0.4, 0.5) is 0 Å². The molecule has 1 atom stereocenters. The van der Waals surface area contributed by atoms with Crippen LogP contribution in [0.5, 0.6) is 5.75 Å². The second-order valence-corrected chi connectivity index (χ2v) is 5.68. The lowest BCUT2D eigenvalue weighted by Gasteiger charge is -2.15. The van der Waals surface area contributed by atoms with Gasteiger partial charge < -0.3 is 9.47 Å². The molecule has 0 radical (unpaired) electrons. The monoisotopic (exact) mass is 344 g/mol. The van der Waals surface area contributed by atoms with E-state index in [1.54, 1.807) is 45.2 Å². The molecule has 0 spiro atoms. The van der Waals surface area contributed by atoms with E-state index in [0.717, 1.165) is 0 Å². The molecule has 2 rings (SSSR count). The topological polar surface area (TPSA) is 90.4 Å². The molecule has 0 aliphatic carbocycles. The van der Waals surface area contributed by atoms with Gasteiger partial charge in [0.2, 0.25) is 0 Å². The molecule has 1 aromatic heterocycles. The number of carbonyl (C=O) groups excluding carboxylic acids is 1. The van der Waals surface area contributed by atoms with Crippen LogP contribution < -0.4 is 16.0 Å². The number of aromatic nitrogens is 2. The number of methoxy groups -OCH3 is 1. The lowest BCUT2D eigenvalue weighted by atomic mass is 10.1. The number of benzene rings is 1. The molecule has 0 aliphatic rings. The Hall–Kier alpha value is -3.09. The van der Waals surface area contributed by atoms with Crippen molar-refractivity contribution in [1.29, 1.82) is 0 Å². The Balaban J connectivity index is 2.30. The average molecular weight is 344 g/mol. The average Bonchev–Trinajstić information content (AvgIpc) is 2.57. The highest BCUT2D eigenvalue weighted by atomic mass is 16.5. The van der Waals surface area contributed by atoms with Gasteiger partial charge in [0, 0.05) is 11.8 Å². The lowest BCUT2D eigenvalue weighted by molar-refractivity contribution is -0.143. The van der Waals surface area contributed by atoms with E-state index in [0.29, 0.717) is 16.9 Å². The third-order valence-electron chi connectivity index (χ3n) is 3.52. The summed E-state index contributed by atoms with van der Waals surface area (Å²) in [7, 11) is 1.55. The number of nitrogens with one attached hydrogen (secondary N) is 1. The van der Waals surface area contributed by atoms with Crippen LogP contribution in [0.3, 0.4) is 0 Å². The van der Waals surface area contributed by atoms with Gasteiger partial charge in [0.15, 0.2) is 0 Å². The number of hydrogen-bond donors (Lipinski definition) is 1. The first-order chi connectivity index (χ1) is 11.8. The summed E-state index contributed by atoms with van der Waals surface area (Å²) in [5.74, 6) is 0.134. The molecule has 1 N–H and O–H groups in total. The normalized spacial score (nSPS) is 11.6. The molecule has 132 valence electrons. The van der Waals surface area contributed by atoms with E-state index in [-0.39, 0.29) is 12.1 Å². The largest absolute Gasteiger partial charge is 0.497 e. The Labute approximate surface area is 144 Å². The molecule has 0 bridgehead atoms. The fraction of sp³-hybridized carbons (Fsp3) is 0.278. The SMILES string of the molecule is C=C(C)C(=O)OC(C)Cn1cc(-c2ccc(OC)cc2)c(=O)[nH]c1=O.